The van der Waals surface area contributed by atoms with Gasteiger partial charge < -0.3 is 20.1 Å². The van der Waals surface area contributed by atoms with Crippen molar-refractivity contribution in [3.8, 4) is 28.7 Å². The maximum absolute atomic E-state index is 9.56. The summed E-state index contributed by atoms with van der Waals surface area (Å²) >= 11 is 0. The summed E-state index contributed by atoms with van der Waals surface area (Å²) in [5.74, 6) is 0.764. The van der Waals surface area contributed by atoms with Crippen LogP contribution in [0.2, 0.25) is 0 Å². The summed E-state index contributed by atoms with van der Waals surface area (Å²) in [6, 6.07) is 8.76. The van der Waals surface area contributed by atoms with E-state index in [4.69, 9.17) is 9.84 Å². The van der Waals surface area contributed by atoms with Gasteiger partial charge in [-0.3, -0.25) is 0 Å². The zero-order valence-electron chi connectivity index (χ0n) is 9.21. The van der Waals surface area contributed by atoms with E-state index in [1.165, 1.54) is 24.3 Å². The summed E-state index contributed by atoms with van der Waals surface area (Å²) < 4.78 is 5.48. The molecule has 0 saturated carbocycles. The molecule has 0 aliphatic heterocycles. The topological polar surface area (TPSA) is 69.9 Å². The number of rotatable bonds is 2. The number of aryl methyl sites for hydroxylation is 1. The van der Waals surface area contributed by atoms with Gasteiger partial charge in [-0.25, -0.2) is 0 Å². The highest BCUT2D eigenvalue weighted by atomic mass is 16.5. The standard InChI is InChI=1S/C13H12O4/c1-8-6-9(14)2-4-12(8)17-13-5-3-10(15)7-11(13)16/h2-7,14-16H,1H3. The first-order valence-corrected chi connectivity index (χ1v) is 5.06. The molecule has 2 aromatic rings. The molecule has 0 aliphatic rings. The van der Waals surface area contributed by atoms with Crippen molar-refractivity contribution in [2.75, 3.05) is 0 Å². The van der Waals surface area contributed by atoms with Crippen LogP contribution in [0, 0.1) is 6.92 Å². The number of benzene rings is 2. The summed E-state index contributed by atoms with van der Waals surface area (Å²) in [5, 5.41) is 28.0. The number of aromatic hydroxyl groups is 3. The summed E-state index contributed by atoms with van der Waals surface area (Å²) in [7, 11) is 0. The van der Waals surface area contributed by atoms with Crippen molar-refractivity contribution in [3.63, 3.8) is 0 Å². The molecule has 0 amide bonds. The minimum Gasteiger partial charge on any atom is -0.508 e. The van der Waals surface area contributed by atoms with E-state index in [0.29, 0.717) is 5.75 Å². The Morgan fingerprint density at radius 1 is 0.824 bits per heavy atom. The first kappa shape index (κ1) is 11.1. The first-order chi connectivity index (χ1) is 8.06. The van der Waals surface area contributed by atoms with Crippen molar-refractivity contribution >= 4 is 0 Å². The van der Waals surface area contributed by atoms with Gasteiger partial charge in [-0.1, -0.05) is 0 Å². The fourth-order valence-corrected chi connectivity index (χ4v) is 1.46. The lowest BCUT2D eigenvalue weighted by atomic mass is 10.2. The average molecular weight is 232 g/mol. The highest BCUT2D eigenvalue weighted by Crippen LogP contribution is 2.35. The Balaban J connectivity index is 2.31. The average Bonchev–Trinajstić information content (AvgIpc) is 2.25. The second-order valence-electron chi connectivity index (χ2n) is 3.70. The van der Waals surface area contributed by atoms with Gasteiger partial charge in [-0.2, -0.15) is 0 Å². The van der Waals surface area contributed by atoms with Gasteiger partial charge in [0.05, 0.1) is 0 Å². The third kappa shape index (κ3) is 2.42. The van der Waals surface area contributed by atoms with Crippen LogP contribution in [0.15, 0.2) is 36.4 Å². The van der Waals surface area contributed by atoms with E-state index in [9.17, 15) is 10.2 Å². The second-order valence-corrected chi connectivity index (χ2v) is 3.70. The van der Waals surface area contributed by atoms with Crippen LogP contribution in [-0.2, 0) is 0 Å². The van der Waals surface area contributed by atoms with Crippen LogP contribution >= 0.6 is 0 Å². The van der Waals surface area contributed by atoms with Crippen molar-refractivity contribution in [2.45, 2.75) is 6.92 Å². The smallest absolute Gasteiger partial charge is 0.169 e. The third-order valence-corrected chi connectivity index (χ3v) is 2.32. The van der Waals surface area contributed by atoms with E-state index >= 15 is 0 Å². The molecule has 88 valence electrons. The van der Waals surface area contributed by atoms with Crippen LogP contribution in [0.5, 0.6) is 28.7 Å². The van der Waals surface area contributed by atoms with Crippen LogP contribution in [0.25, 0.3) is 0 Å². The number of phenols is 3. The molecule has 0 fully saturated rings. The van der Waals surface area contributed by atoms with E-state index in [2.05, 4.69) is 0 Å². The SMILES string of the molecule is Cc1cc(O)ccc1Oc1ccc(O)cc1O. The van der Waals surface area contributed by atoms with Gasteiger partial charge in [-0.15, -0.1) is 0 Å². The van der Waals surface area contributed by atoms with E-state index < -0.39 is 0 Å². The lowest BCUT2D eigenvalue weighted by Gasteiger charge is -2.10. The number of ether oxygens (including phenoxy) is 1. The van der Waals surface area contributed by atoms with E-state index in [1.807, 2.05) is 0 Å². The maximum Gasteiger partial charge on any atom is 0.169 e. The highest BCUT2D eigenvalue weighted by Gasteiger charge is 2.07. The predicted molar refractivity (Wildman–Crippen MR) is 62.7 cm³/mol. The molecule has 0 spiro atoms. The monoisotopic (exact) mass is 232 g/mol. The Hall–Kier alpha value is -2.36. The molecule has 0 atom stereocenters. The van der Waals surface area contributed by atoms with Gasteiger partial charge in [0.25, 0.3) is 0 Å². The molecule has 17 heavy (non-hydrogen) atoms. The molecule has 4 heteroatoms. The van der Waals surface area contributed by atoms with Crippen molar-refractivity contribution in [2.24, 2.45) is 0 Å². The lowest BCUT2D eigenvalue weighted by molar-refractivity contribution is 0.401. The van der Waals surface area contributed by atoms with Gasteiger partial charge in [0, 0.05) is 6.07 Å². The van der Waals surface area contributed by atoms with Crippen molar-refractivity contribution in [3.05, 3.63) is 42.0 Å². The third-order valence-electron chi connectivity index (χ3n) is 2.32. The van der Waals surface area contributed by atoms with Crippen LogP contribution < -0.4 is 4.74 Å². The Kier molecular flexibility index (Phi) is 2.78. The fourth-order valence-electron chi connectivity index (χ4n) is 1.46. The molecule has 3 N–H and O–H groups in total. The molecule has 0 aromatic heterocycles. The van der Waals surface area contributed by atoms with Gasteiger partial charge in [0.2, 0.25) is 0 Å². The van der Waals surface area contributed by atoms with Crippen LogP contribution in [0.1, 0.15) is 5.56 Å². The number of phenolic OH excluding ortho intramolecular Hbond substituents is 3. The van der Waals surface area contributed by atoms with Gasteiger partial charge >= 0.3 is 0 Å². The molecule has 0 bridgehead atoms. The minimum atomic E-state index is -0.141. The van der Waals surface area contributed by atoms with Crippen molar-refractivity contribution < 1.29 is 20.1 Å². The molecule has 0 unspecified atom stereocenters. The lowest BCUT2D eigenvalue weighted by Crippen LogP contribution is -1.87. The van der Waals surface area contributed by atoms with E-state index in [-0.39, 0.29) is 23.0 Å². The zero-order valence-corrected chi connectivity index (χ0v) is 9.21. The second kappa shape index (κ2) is 4.25. The van der Waals surface area contributed by atoms with E-state index in [0.717, 1.165) is 5.56 Å². The summed E-state index contributed by atoms with van der Waals surface area (Å²) in [5.41, 5.74) is 0.748. The predicted octanol–water partition coefficient (Wildman–Crippen LogP) is 2.90. The number of hydrogen-bond acceptors (Lipinski definition) is 4. The molecular weight excluding hydrogens is 220 g/mol. The maximum atomic E-state index is 9.56. The fraction of sp³-hybridized carbons (Fsp3) is 0.0769. The zero-order chi connectivity index (χ0) is 12.4. The quantitative estimate of drug-likeness (QED) is 0.744. The van der Waals surface area contributed by atoms with Crippen LogP contribution in [0.4, 0.5) is 0 Å². The molecule has 0 heterocycles. The Bertz CT molecular complexity index is 500. The minimum absolute atomic E-state index is 0.0303. The van der Waals surface area contributed by atoms with Crippen molar-refractivity contribution in [1.29, 1.82) is 0 Å². The molecule has 0 saturated heterocycles. The van der Waals surface area contributed by atoms with Crippen molar-refractivity contribution in [1.82, 2.24) is 0 Å². The molecule has 4 nitrogen and oxygen atoms in total. The molecule has 2 aromatic carbocycles. The summed E-state index contributed by atoms with van der Waals surface area (Å²) in [6.45, 7) is 1.78. The van der Waals surface area contributed by atoms with Gasteiger partial charge in [0.1, 0.15) is 17.2 Å². The summed E-state index contributed by atoms with van der Waals surface area (Å²) in [4.78, 5) is 0. The molecular formula is C13H12O4. The Morgan fingerprint density at radius 3 is 2.00 bits per heavy atom. The largest absolute Gasteiger partial charge is 0.508 e. The Morgan fingerprint density at radius 2 is 1.41 bits per heavy atom. The molecule has 0 aliphatic carbocycles. The van der Waals surface area contributed by atoms with Crippen LogP contribution in [-0.4, -0.2) is 15.3 Å². The van der Waals surface area contributed by atoms with Gasteiger partial charge in [-0.05, 0) is 42.8 Å². The molecule has 0 radical (unpaired) electrons. The highest BCUT2D eigenvalue weighted by molar-refractivity contribution is 5.48. The number of hydrogen-bond donors (Lipinski definition) is 3. The summed E-state index contributed by atoms with van der Waals surface area (Å²) in [6.07, 6.45) is 0. The van der Waals surface area contributed by atoms with Crippen LogP contribution in [0.3, 0.4) is 0 Å². The Labute approximate surface area is 98.3 Å². The van der Waals surface area contributed by atoms with E-state index in [1.54, 1.807) is 19.1 Å². The van der Waals surface area contributed by atoms with Gasteiger partial charge in [0.15, 0.2) is 11.5 Å². The first-order valence-electron chi connectivity index (χ1n) is 5.06. The normalized spacial score (nSPS) is 10.2. The molecule has 2 rings (SSSR count).